The van der Waals surface area contributed by atoms with E-state index >= 15 is 0 Å². The van der Waals surface area contributed by atoms with Gasteiger partial charge in [0.05, 0.1) is 0 Å². The second-order valence-electron chi connectivity index (χ2n) is 7.30. The first-order valence-electron chi connectivity index (χ1n) is 10.1. The molecule has 0 saturated heterocycles. The highest BCUT2D eigenvalue weighted by Gasteiger charge is 2.18. The molecule has 0 heterocycles. The van der Waals surface area contributed by atoms with Gasteiger partial charge in [0.25, 0.3) is 0 Å². The normalized spacial score (nSPS) is 20.8. The zero-order chi connectivity index (χ0) is 17.0. The molecule has 0 amide bonds. The Morgan fingerprint density at radius 1 is 0.958 bits per heavy atom. The number of hydrogen-bond donors (Lipinski definition) is 0. The van der Waals surface area contributed by atoms with E-state index in [4.69, 9.17) is 0 Å². The van der Waals surface area contributed by atoms with Crippen molar-refractivity contribution in [2.45, 2.75) is 78.1 Å². The number of unbranched alkanes of at least 4 members (excludes halogenated alkanes) is 3. The van der Waals surface area contributed by atoms with Gasteiger partial charge in [-0.25, -0.2) is 0 Å². The summed E-state index contributed by atoms with van der Waals surface area (Å²) in [5.74, 6) is 8.51. The van der Waals surface area contributed by atoms with Crippen molar-refractivity contribution in [3.63, 3.8) is 0 Å². The fraction of sp³-hybridized carbons (Fsp3) is 0.583. The van der Waals surface area contributed by atoms with Gasteiger partial charge in [0.2, 0.25) is 0 Å². The smallest absolute Gasteiger partial charge is 0.0245 e. The van der Waals surface area contributed by atoms with Gasteiger partial charge in [0.1, 0.15) is 0 Å². The van der Waals surface area contributed by atoms with Crippen molar-refractivity contribution in [1.82, 2.24) is 0 Å². The van der Waals surface area contributed by atoms with E-state index in [-0.39, 0.29) is 0 Å². The van der Waals surface area contributed by atoms with Crippen LogP contribution >= 0.6 is 0 Å². The molecular weight excluding hydrogens is 288 g/mol. The lowest BCUT2D eigenvalue weighted by atomic mass is 9.80. The lowest BCUT2D eigenvalue weighted by molar-refractivity contribution is 0.300. The molecule has 0 atom stereocenters. The van der Waals surface area contributed by atoms with Gasteiger partial charge < -0.3 is 0 Å². The van der Waals surface area contributed by atoms with Gasteiger partial charge in [-0.2, -0.15) is 0 Å². The number of rotatable bonds is 7. The number of benzene rings is 1. The van der Waals surface area contributed by atoms with E-state index in [1.54, 1.807) is 0 Å². The molecular formula is C24H34. The van der Waals surface area contributed by atoms with Crippen molar-refractivity contribution in [3.8, 4) is 11.8 Å². The first kappa shape index (κ1) is 18.9. The topological polar surface area (TPSA) is 0 Å². The van der Waals surface area contributed by atoms with E-state index < -0.39 is 0 Å². The summed E-state index contributed by atoms with van der Waals surface area (Å²) in [6.07, 6.45) is 17.8. The second kappa shape index (κ2) is 11.1. The van der Waals surface area contributed by atoms with Crippen LogP contribution in [0.5, 0.6) is 0 Å². The quantitative estimate of drug-likeness (QED) is 0.366. The Kier molecular flexibility index (Phi) is 8.75. The van der Waals surface area contributed by atoms with Gasteiger partial charge in [-0.1, -0.05) is 75.7 Å². The maximum atomic E-state index is 3.52. The highest BCUT2D eigenvalue weighted by atomic mass is 14.2. The highest BCUT2D eigenvalue weighted by molar-refractivity contribution is 5.51. The van der Waals surface area contributed by atoms with Crippen LogP contribution in [0.2, 0.25) is 0 Å². The van der Waals surface area contributed by atoms with Gasteiger partial charge >= 0.3 is 0 Å². The van der Waals surface area contributed by atoms with Gasteiger partial charge in [-0.15, -0.1) is 0 Å². The molecule has 0 aliphatic heterocycles. The van der Waals surface area contributed by atoms with Crippen LogP contribution in [0.25, 0.3) is 6.08 Å². The van der Waals surface area contributed by atoms with Crippen LogP contribution in [0.1, 0.15) is 89.2 Å². The third kappa shape index (κ3) is 6.96. The third-order valence-electron chi connectivity index (χ3n) is 5.16. The van der Waals surface area contributed by atoms with Crippen molar-refractivity contribution in [2.75, 3.05) is 0 Å². The van der Waals surface area contributed by atoms with Gasteiger partial charge in [-0.05, 0) is 62.1 Å². The molecule has 24 heavy (non-hydrogen) atoms. The molecule has 0 bridgehead atoms. The van der Waals surface area contributed by atoms with Crippen LogP contribution in [-0.4, -0.2) is 0 Å². The van der Waals surface area contributed by atoms with Crippen LogP contribution in [0.4, 0.5) is 0 Å². The lowest BCUT2D eigenvalue weighted by Crippen LogP contribution is -2.13. The van der Waals surface area contributed by atoms with Crippen molar-refractivity contribution in [1.29, 1.82) is 0 Å². The van der Waals surface area contributed by atoms with Crippen LogP contribution in [-0.2, 0) is 0 Å². The Morgan fingerprint density at radius 3 is 2.38 bits per heavy atom. The van der Waals surface area contributed by atoms with E-state index in [1.807, 2.05) is 0 Å². The maximum absolute atomic E-state index is 3.52. The van der Waals surface area contributed by atoms with E-state index in [2.05, 4.69) is 62.1 Å². The molecule has 1 fully saturated rings. The minimum Gasteiger partial charge on any atom is -0.0945 e. The molecule has 1 aromatic rings. The predicted molar refractivity (Wildman–Crippen MR) is 107 cm³/mol. The molecule has 0 heteroatoms. The minimum atomic E-state index is 0.622. The Morgan fingerprint density at radius 2 is 1.71 bits per heavy atom. The molecule has 1 aromatic carbocycles. The summed E-state index contributed by atoms with van der Waals surface area (Å²) < 4.78 is 0. The van der Waals surface area contributed by atoms with Gasteiger partial charge in [0, 0.05) is 11.5 Å². The molecule has 0 spiro atoms. The van der Waals surface area contributed by atoms with Crippen LogP contribution in [0, 0.1) is 23.7 Å². The summed E-state index contributed by atoms with van der Waals surface area (Å²) in [4.78, 5) is 0. The van der Waals surface area contributed by atoms with E-state index in [0.29, 0.717) is 5.92 Å². The summed E-state index contributed by atoms with van der Waals surface area (Å²) in [6.45, 7) is 4.55. The number of hydrogen-bond acceptors (Lipinski definition) is 0. The number of allylic oxidation sites excluding steroid dienone is 1. The second-order valence-corrected chi connectivity index (χ2v) is 7.30. The molecule has 2 rings (SSSR count). The van der Waals surface area contributed by atoms with E-state index in [0.717, 1.165) is 11.5 Å². The van der Waals surface area contributed by atoms with Crippen molar-refractivity contribution < 1.29 is 0 Å². The third-order valence-corrected chi connectivity index (χ3v) is 5.16. The first-order valence-corrected chi connectivity index (χ1v) is 10.1. The highest BCUT2D eigenvalue weighted by Crippen LogP contribution is 2.31. The molecule has 1 saturated carbocycles. The summed E-state index contributed by atoms with van der Waals surface area (Å²) in [6, 6.07) is 8.72. The van der Waals surface area contributed by atoms with Gasteiger partial charge in [0.15, 0.2) is 0 Å². The molecule has 0 radical (unpaired) electrons. The molecule has 130 valence electrons. The van der Waals surface area contributed by atoms with Crippen LogP contribution in [0.15, 0.2) is 30.3 Å². The summed E-state index contributed by atoms with van der Waals surface area (Å²) in [7, 11) is 0. The van der Waals surface area contributed by atoms with Crippen LogP contribution < -0.4 is 0 Å². The lowest BCUT2D eigenvalue weighted by Gasteiger charge is -2.25. The molecule has 0 nitrogen and oxygen atoms in total. The summed E-state index contributed by atoms with van der Waals surface area (Å²) >= 11 is 0. The minimum absolute atomic E-state index is 0.622. The molecule has 0 aromatic heterocycles. The Labute approximate surface area is 149 Å². The maximum Gasteiger partial charge on any atom is 0.0245 e. The van der Waals surface area contributed by atoms with Crippen LogP contribution in [0.3, 0.4) is 0 Å². The summed E-state index contributed by atoms with van der Waals surface area (Å²) in [5.41, 5.74) is 2.45. The monoisotopic (exact) mass is 322 g/mol. The fourth-order valence-corrected chi connectivity index (χ4v) is 3.60. The predicted octanol–water partition coefficient (Wildman–Crippen LogP) is 7.24. The molecule has 0 unspecified atom stereocenters. The Hall–Kier alpha value is -1.48. The van der Waals surface area contributed by atoms with E-state index in [1.165, 1.54) is 69.8 Å². The SMILES string of the molecule is CCCCC/C=C/c1ccc(C#CC2CCC(CCC)CC2)cc1. The van der Waals surface area contributed by atoms with Crippen molar-refractivity contribution in [2.24, 2.45) is 11.8 Å². The largest absolute Gasteiger partial charge is 0.0945 e. The molecule has 1 aliphatic carbocycles. The standard InChI is InChI=1S/C24H34/c1-3-5-6-7-8-10-22-13-17-24(18-14-22)20-19-23-15-11-21(9-4-2)12-16-23/h8,10,13-14,17-18,21,23H,3-7,9,11-12,15-16H2,1-2H3/b10-8+. The fourth-order valence-electron chi connectivity index (χ4n) is 3.60. The summed E-state index contributed by atoms with van der Waals surface area (Å²) in [5, 5.41) is 0. The molecule has 1 aliphatic rings. The van der Waals surface area contributed by atoms with Crippen molar-refractivity contribution >= 4 is 6.08 Å². The van der Waals surface area contributed by atoms with Crippen molar-refractivity contribution in [3.05, 3.63) is 41.5 Å². The average molecular weight is 323 g/mol. The Balaban J connectivity index is 1.78. The van der Waals surface area contributed by atoms with E-state index in [9.17, 15) is 0 Å². The average Bonchev–Trinajstić information content (AvgIpc) is 2.62. The van der Waals surface area contributed by atoms with Gasteiger partial charge in [-0.3, -0.25) is 0 Å². The first-order chi connectivity index (χ1) is 11.8. The zero-order valence-electron chi connectivity index (χ0n) is 15.7. The molecule has 0 N–H and O–H groups in total. The zero-order valence-corrected chi connectivity index (χ0v) is 15.7. The Bertz CT molecular complexity index is 530.